The van der Waals surface area contributed by atoms with Crippen molar-refractivity contribution >= 4 is 0 Å². The van der Waals surface area contributed by atoms with Crippen LogP contribution in [-0.2, 0) is 0 Å². The zero-order valence-electron chi connectivity index (χ0n) is 8.25. The molecular weight excluding hydrogens is 207 g/mol. The molecule has 0 radical (unpaired) electrons. The van der Waals surface area contributed by atoms with Crippen LogP contribution in [0.2, 0.25) is 0 Å². The summed E-state index contributed by atoms with van der Waals surface area (Å²) in [5, 5.41) is 2.79. The van der Waals surface area contributed by atoms with Gasteiger partial charge >= 0.3 is 6.18 Å². The van der Waals surface area contributed by atoms with Gasteiger partial charge in [0.25, 0.3) is 0 Å². The third-order valence-corrected chi connectivity index (χ3v) is 2.01. The number of hydrogen-bond acceptors (Lipinski definition) is 3. The van der Waals surface area contributed by atoms with E-state index in [4.69, 9.17) is 0 Å². The van der Waals surface area contributed by atoms with Crippen molar-refractivity contribution in [3.05, 3.63) is 24.3 Å². The Bertz CT molecular complexity index is 286. The monoisotopic (exact) mass is 219 g/mol. The van der Waals surface area contributed by atoms with E-state index in [1.54, 1.807) is 7.05 Å². The van der Waals surface area contributed by atoms with E-state index in [-0.39, 0.29) is 6.42 Å². The molecule has 1 N–H and O–H groups in total. The third kappa shape index (κ3) is 4.24. The Morgan fingerprint density at radius 2 is 2.13 bits per heavy atom. The van der Waals surface area contributed by atoms with Crippen LogP contribution in [0.25, 0.3) is 0 Å². The van der Waals surface area contributed by atoms with Gasteiger partial charge in [0.2, 0.25) is 0 Å². The molecule has 0 bridgehead atoms. The minimum Gasteiger partial charge on any atom is -0.312 e. The molecule has 1 unspecified atom stereocenters. The zero-order valence-corrected chi connectivity index (χ0v) is 8.25. The summed E-state index contributed by atoms with van der Waals surface area (Å²) in [5.41, 5.74) is 0.532. The predicted molar refractivity (Wildman–Crippen MR) is 49.1 cm³/mol. The summed E-state index contributed by atoms with van der Waals surface area (Å²) < 4.78 is 36.0. The highest BCUT2D eigenvalue weighted by Gasteiger charge is 2.28. The summed E-state index contributed by atoms with van der Waals surface area (Å²) in [6.07, 6.45) is -0.560. The highest BCUT2D eigenvalue weighted by atomic mass is 19.4. The van der Waals surface area contributed by atoms with E-state index < -0.39 is 18.6 Å². The molecule has 15 heavy (non-hydrogen) atoms. The lowest BCUT2D eigenvalue weighted by Gasteiger charge is -2.15. The molecule has 1 heterocycles. The van der Waals surface area contributed by atoms with Crippen molar-refractivity contribution < 1.29 is 13.2 Å². The molecule has 84 valence electrons. The maximum absolute atomic E-state index is 12.0. The van der Waals surface area contributed by atoms with E-state index in [0.29, 0.717) is 5.69 Å². The van der Waals surface area contributed by atoms with Crippen LogP contribution in [0, 0.1) is 0 Å². The van der Waals surface area contributed by atoms with Crippen LogP contribution in [0.15, 0.2) is 18.6 Å². The summed E-state index contributed by atoms with van der Waals surface area (Å²) in [4.78, 5) is 7.77. The van der Waals surface area contributed by atoms with Crippen molar-refractivity contribution in [2.24, 2.45) is 0 Å². The zero-order chi connectivity index (χ0) is 11.3. The van der Waals surface area contributed by atoms with Gasteiger partial charge in [-0.1, -0.05) is 0 Å². The molecule has 6 heteroatoms. The van der Waals surface area contributed by atoms with Crippen molar-refractivity contribution in [1.29, 1.82) is 0 Å². The molecule has 0 aliphatic carbocycles. The Labute approximate surface area is 85.7 Å². The van der Waals surface area contributed by atoms with Gasteiger partial charge in [-0.15, -0.1) is 0 Å². The first kappa shape index (κ1) is 11.9. The minimum absolute atomic E-state index is 0.0291. The van der Waals surface area contributed by atoms with Crippen molar-refractivity contribution in [2.45, 2.75) is 25.1 Å². The van der Waals surface area contributed by atoms with Gasteiger partial charge in [-0.3, -0.25) is 9.97 Å². The van der Waals surface area contributed by atoms with Crippen LogP contribution in [0.4, 0.5) is 13.2 Å². The van der Waals surface area contributed by atoms with E-state index in [1.807, 2.05) is 0 Å². The second-order valence-electron chi connectivity index (χ2n) is 3.13. The molecule has 1 rings (SSSR count). The molecule has 1 aromatic heterocycles. The minimum atomic E-state index is -4.13. The molecule has 0 aromatic carbocycles. The van der Waals surface area contributed by atoms with E-state index >= 15 is 0 Å². The fourth-order valence-electron chi connectivity index (χ4n) is 1.24. The Morgan fingerprint density at radius 3 is 2.60 bits per heavy atom. The smallest absolute Gasteiger partial charge is 0.312 e. The first-order chi connectivity index (χ1) is 7.03. The maximum Gasteiger partial charge on any atom is 0.389 e. The van der Waals surface area contributed by atoms with Gasteiger partial charge in [0.05, 0.1) is 11.7 Å². The van der Waals surface area contributed by atoms with E-state index in [1.165, 1.54) is 18.6 Å². The summed E-state index contributed by atoms with van der Waals surface area (Å²) in [7, 11) is 1.61. The molecule has 1 atom stereocenters. The molecule has 0 saturated heterocycles. The van der Waals surface area contributed by atoms with Gasteiger partial charge in [0.1, 0.15) is 0 Å². The first-order valence-electron chi connectivity index (χ1n) is 4.53. The number of alkyl halides is 3. The Hall–Kier alpha value is -1.17. The van der Waals surface area contributed by atoms with Crippen molar-refractivity contribution in [3.63, 3.8) is 0 Å². The molecule has 1 aromatic rings. The molecule has 0 fully saturated rings. The second kappa shape index (κ2) is 5.06. The lowest BCUT2D eigenvalue weighted by molar-refractivity contribution is -0.136. The van der Waals surface area contributed by atoms with Crippen LogP contribution in [-0.4, -0.2) is 23.2 Å². The number of halogens is 3. The van der Waals surface area contributed by atoms with Crippen molar-refractivity contribution in [2.75, 3.05) is 7.05 Å². The molecule has 0 aliphatic rings. The summed E-state index contributed by atoms with van der Waals surface area (Å²) in [5.74, 6) is 0. The van der Waals surface area contributed by atoms with Gasteiger partial charge in [-0.05, 0) is 13.5 Å². The van der Waals surface area contributed by atoms with E-state index in [0.717, 1.165) is 0 Å². The average molecular weight is 219 g/mol. The molecule has 0 amide bonds. The van der Waals surface area contributed by atoms with Crippen LogP contribution in [0.1, 0.15) is 24.6 Å². The van der Waals surface area contributed by atoms with Gasteiger partial charge in [0.15, 0.2) is 0 Å². The molecule has 0 spiro atoms. The van der Waals surface area contributed by atoms with E-state index in [9.17, 15) is 13.2 Å². The van der Waals surface area contributed by atoms with Crippen LogP contribution in [0.5, 0.6) is 0 Å². The standard InChI is InChI=1S/C9H12F3N3/c1-13-7(2-3-9(10,11)12)8-6-14-4-5-15-8/h4-7,13H,2-3H2,1H3. The fraction of sp³-hybridized carbons (Fsp3) is 0.556. The number of aromatic nitrogens is 2. The van der Waals surface area contributed by atoms with Gasteiger partial charge in [0, 0.05) is 25.0 Å². The highest BCUT2D eigenvalue weighted by Crippen LogP contribution is 2.26. The molecule has 0 saturated carbocycles. The largest absolute Gasteiger partial charge is 0.389 e. The third-order valence-electron chi connectivity index (χ3n) is 2.01. The Morgan fingerprint density at radius 1 is 1.40 bits per heavy atom. The summed E-state index contributed by atoms with van der Waals surface area (Å²) in [6.45, 7) is 0. The molecular formula is C9H12F3N3. The fourth-order valence-corrected chi connectivity index (χ4v) is 1.24. The number of nitrogens with zero attached hydrogens (tertiary/aromatic N) is 2. The predicted octanol–water partition coefficient (Wildman–Crippen LogP) is 2.08. The summed E-state index contributed by atoms with van der Waals surface area (Å²) >= 11 is 0. The lowest BCUT2D eigenvalue weighted by Crippen LogP contribution is -2.20. The molecule has 3 nitrogen and oxygen atoms in total. The number of rotatable bonds is 4. The van der Waals surface area contributed by atoms with Gasteiger partial charge in [-0.25, -0.2) is 0 Å². The van der Waals surface area contributed by atoms with Crippen LogP contribution < -0.4 is 5.32 Å². The highest BCUT2D eigenvalue weighted by molar-refractivity contribution is 5.01. The van der Waals surface area contributed by atoms with Crippen LogP contribution >= 0.6 is 0 Å². The first-order valence-corrected chi connectivity index (χ1v) is 4.53. The van der Waals surface area contributed by atoms with Gasteiger partial charge in [-0.2, -0.15) is 13.2 Å². The van der Waals surface area contributed by atoms with Gasteiger partial charge < -0.3 is 5.32 Å². The summed E-state index contributed by atoms with van der Waals surface area (Å²) in [6, 6.07) is -0.402. The van der Waals surface area contributed by atoms with Crippen molar-refractivity contribution in [1.82, 2.24) is 15.3 Å². The normalized spacial score (nSPS) is 13.9. The SMILES string of the molecule is CNC(CCC(F)(F)F)c1cnccn1. The maximum atomic E-state index is 12.0. The topological polar surface area (TPSA) is 37.8 Å². The van der Waals surface area contributed by atoms with Crippen LogP contribution in [0.3, 0.4) is 0 Å². The second-order valence-corrected chi connectivity index (χ2v) is 3.13. The number of nitrogens with one attached hydrogen (secondary N) is 1. The van der Waals surface area contributed by atoms with E-state index in [2.05, 4.69) is 15.3 Å². The quantitative estimate of drug-likeness (QED) is 0.842. The average Bonchev–Trinajstić information content (AvgIpc) is 2.19. The Kier molecular flexibility index (Phi) is 4.02. The number of hydrogen-bond donors (Lipinski definition) is 1. The molecule has 0 aliphatic heterocycles. The lowest BCUT2D eigenvalue weighted by atomic mass is 10.1. The Balaban J connectivity index is 2.58. The van der Waals surface area contributed by atoms with Crippen molar-refractivity contribution in [3.8, 4) is 0 Å².